The van der Waals surface area contributed by atoms with Crippen LogP contribution in [-0.4, -0.2) is 29.6 Å². The minimum Gasteiger partial charge on any atom is -0.389 e. The van der Waals surface area contributed by atoms with E-state index in [1.807, 2.05) is 0 Å². The van der Waals surface area contributed by atoms with Crippen LogP contribution in [-0.2, 0) is 0 Å². The van der Waals surface area contributed by atoms with Gasteiger partial charge in [0.05, 0.1) is 0 Å². The second kappa shape index (κ2) is 8.38. The van der Waals surface area contributed by atoms with Crippen LogP contribution in [0, 0.1) is 20.8 Å². The lowest BCUT2D eigenvalue weighted by Gasteiger charge is -2.37. The van der Waals surface area contributed by atoms with Crippen LogP contribution in [0.4, 0.5) is 0 Å². The number of fused-ring (bicyclic) bond motifs is 3. The Labute approximate surface area is 188 Å². The lowest BCUT2D eigenvalue weighted by Crippen LogP contribution is -2.62. The van der Waals surface area contributed by atoms with Gasteiger partial charge in [-0.2, -0.15) is 0 Å². The van der Waals surface area contributed by atoms with Gasteiger partial charge in [-0.15, -0.1) is 0 Å². The molecule has 0 aliphatic carbocycles. The largest absolute Gasteiger partial charge is 0.389 e. The normalized spacial score (nSPS) is 14.8. The molecule has 158 valence electrons. The van der Waals surface area contributed by atoms with Crippen molar-refractivity contribution in [2.75, 3.05) is 0 Å². The highest BCUT2D eigenvalue weighted by atomic mass is 15.2. The zero-order chi connectivity index (χ0) is 22.3. The Hall–Kier alpha value is -2.81. The van der Waals surface area contributed by atoms with Gasteiger partial charge in [0.1, 0.15) is 5.84 Å². The number of nitrogens with zero attached hydrogens (tertiary/aromatic N) is 2. The summed E-state index contributed by atoms with van der Waals surface area (Å²) in [5.41, 5.74) is 10.6. The number of hydrogen-bond donors (Lipinski definition) is 0. The van der Waals surface area contributed by atoms with Gasteiger partial charge in [-0.25, -0.2) is 0 Å². The van der Waals surface area contributed by atoms with Crippen LogP contribution in [0.1, 0.15) is 49.9 Å². The van der Waals surface area contributed by atoms with Gasteiger partial charge in [0.25, 0.3) is 0 Å². The van der Waals surface area contributed by atoms with Crippen molar-refractivity contribution in [3.05, 3.63) is 82.9 Å². The molecule has 3 heteroatoms. The number of benzene rings is 3. The summed E-state index contributed by atoms with van der Waals surface area (Å²) in [6.07, 6.45) is 0. The Morgan fingerprint density at radius 2 is 1.29 bits per heavy atom. The summed E-state index contributed by atoms with van der Waals surface area (Å²) in [5, 5.41) is 0. The van der Waals surface area contributed by atoms with Crippen molar-refractivity contribution in [1.29, 1.82) is 0 Å². The van der Waals surface area contributed by atoms with Crippen LogP contribution >= 0.6 is 0 Å². The van der Waals surface area contributed by atoms with Gasteiger partial charge in [-0.1, -0.05) is 77.4 Å². The van der Waals surface area contributed by atoms with E-state index in [4.69, 9.17) is 4.99 Å². The zero-order valence-corrected chi connectivity index (χ0v) is 19.9. The maximum absolute atomic E-state index is 5.22. The second-order valence-electron chi connectivity index (χ2n) is 9.40. The van der Waals surface area contributed by atoms with E-state index in [-0.39, 0.29) is 12.9 Å². The van der Waals surface area contributed by atoms with Crippen LogP contribution in [0.5, 0.6) is 0 Å². The minimum absolute atomic E-state index is 0.113. The lowest BCUT2D eigenvalue weighted by atomic mass is 9.46. The summed E-state index contributed by atoms with van der Waals surface area (Å²) < 4.78 is 0. The third-order valence-electron chi connectivity index (χ3n) is 6.18. The first-order chi connectivity index (χ1) is 14.8. The molecule has 0 bridgehead atoms. The molecule has 0 saturated carbocycles. The van der Waals surface area contributed by atoms with Gasteiger partial charge in [0.15, 0.2) is 0 Å². The van der Waals surface area contributed by atoms with E-state index in [9.17, 15) is 0 Å². The summed E-state index contributed by atoms with van der Waals surface area (Å²) in [6.45, 7) is 15.7. The smallest absolute Gasteiger partial charge is 0.326 e. The van der Waals surface area contributed by atoms with E-state index in [2.05, 4.69) is 114 Å². The molecular formula is C28H33BN2. The molecule has 4 rings (SSSR count). The molecule has 0 radical (unpaired) electrons. The van der Waals surface area contributed by atoms with E-state index in [1.165, 1.54) is 44.3 Å². The first kappa shape index (κ1) is 21.4. The van der Waals surface area contributed by atoms with E-state index >= 15 is 0 Å². The third-order valence-corrected chi connectivity index (χ3v) is 6.18. The summed E-state index contributed by atoms with van der Waals surface area (Å²) in [4.78, 5) is 7.77. The molecule has 0 spiro atoms. The molecule has 1 heterocycles. The molecule has 0 amide bonds. The van der Waals surface area contributed by atoms with Gasteiger partial charge in [0, 0.05) is 17.6 Å². The Kier molecular flexibility index (Phi) is 5.79. The van der Waals surface area contributed by atoms with E-state index < -0.39 is 0 Å². The fourth-order valence-electron chi connectivity index (χ4n) is 5.15. The molecule has 3 aromatic rings. The first-order valence-corrected chi connectivity index (χ1v) is 11.4. The maximum atomic E-state index is 5.22. The molecule has 1 aliphatic heterocycles. The summed E-state index contributed by atoms with van der Waals surface area (Å²) in [5.74, 6) is 1.10. The SMILES string of the molecule is Cc1cc(C)c(B2c3ccccc3-c3ccccc3C(=NC(C)C)N2C(C)C)c(C)c1. The van der Waals surface area contributed by atoms with Crippen LogP contribution < -0.4 is 10.9 Å². The fraction of sp³-hybridized carbons (Fsp3) is 0.321. The topological polar surface area (TPSA) is 15.6 Å². The lowest BCUT2D eigenvalue weighted by molar-refractivity contribution is 0.518. The Bertz CT molecular complexity index is 1120. The van der Waals surface area contributed by atoms with Crippen molar-refractivity contribution in [3.63, 3.8) is 0 Å². The molecule has 2 nitrogen and oxygen atoms in total. The van der Waals surface area contributed by atoms with Crippen molar-refractivity contribution >= 4 is 23.6 Å². The monoisotopic (exact) mass is 408 g/mol. The molecule has 3 aromatic carbocycles. The summed E-state index contributed by atoms with van der Waals surface area (Å²) in [7, 11) is 0. The predicted molar refractivity (Wildman–Crippen MR) is 136 cm³/mol. The van der Waals surface area contributed by atoms with Gasteiger partial charge in [0.2, 0.25) is 0 Å². The van der Waals surface area contributed by atoms with Gasteiger partial charge >= 0.3 is 6.85 Å². The molecule has 0 aromatic heterocycles. The van der Waals surface area contributed by atoms with Gasteiger partial charge in [-0.3, -0.25) is 4.99 Å². The molecule has 0 unspecified atom stereocenters. The van der Waals surface area contributed by atoms with Crippen molar-refractivity contribution < 1.29 is 0 Å². The average molecular weight is 408 g/mol. The van der Waals surface area contributed by atoms with E-state index in [0.717, 1.165) is 5.84 Å². The minimum atomic E-state index is 0.113. The molecule has 31 heavy (non-hydrogen) atoms. The van der Waals surface area contributed by atoms with Crippen molar-refractivity contribution in [2.45, 2.75) is 60.5 Å². The molecule has 0 N–H and O–H groups in total. The molecule has 0 atom stereocenters. The highest BCUT2D eigenvalue weighted by Gasteiger charge is 2.39. The second-order valence-corrected chi connectivity index (χ2v) is 9.40. The Morgan fingerprint density at radius 1 is 0.742 bits per heavy atom. The maximum Gasteiger partial charge on any atom is 0.326 e. The average Bonchev–Trinajstić information content (AvgIpc) is 2.81. The van der Waals surface area contributed by atoms with E-state index in [0.29, 0.717) is 6.04 Å². The van der Waals surface area contributed by atoms with Gasteiger partial charge < -0.3 is 4.81 Å². The predicted octanol–water partition coefficient (Wildman–Crippen LogP) is 5.26. The van der Waals surface area contributed by atoms with Crippen LogP contribution in [0.3, 0.4) is 0 Å². The van der Waals surface area contributed by atoms with Gasteiger partial charge in [-0.05, 0) is 70.5 Å². The van der Waals surface area contributed by atoms with Crippen molar-refractivity contribution in [2.24, 2.45) is 4.99 Å². The highest BCUT2D eigenvalue weighted by molar-refractivity contribution is 6.86. The Balaban J connectivity index is 2.14. The van der Waals surface area contributed by atoms with Crippen molar-refractivity contribution in [3.8, 4) is 11.1 Å². The van der Waals surface area contributed by atoms with Crippen LogP contribution in [0.15, 0.2) is 65.7 Å². The number of amidine groups is 1. The molecule has 0 fully saturated rings. The highest BCUT2D eigenvalue weighted by Crippen LogP contribution is 2.30. The number of rotatable bonds is 3. The third kappa shape index (κ3) is 3.82. The number of aliphatic imine (C=N–C) groups is 1. The van der Waals surface area contributed by atoms with Crippen LogP contribution in [0.25, 0.3) is 11.1 Å². The standard InChI is InChI=1S/C28H33BN2/c1-18(2)30-28-25-14-9-8-12-23(25)24-13-10-11-15-26(24)29(31(28)19(3)4)27-21(6)16-20(5)17-22(27)7/h8-19H,1-7H3. The van der Waals surface area contributed by atoms with E-state index in [1.54, 1.807) is 0 Å². The zero-order valence-electron chi connectivity index (χ0n) is 19.9. The Morgan fingerprint density at radius 3 is 1.87 bits per heavy atom. The first-order valence-electron chi connectivity index (χ1n) is 11.4. The number of hydrogen-bond acceptors (Lipinski definition) is 1. The summed E-state index contributed by atoms with van der Waals surface area (Å²) in [6, 6.07) is 22.8. The van der Waals surface area contributed by atoms with Crippen molar-refractivity contribution in [1.82, 2.24) is 4.81 Å². The molecular weight excluding hydrogens is 375 g/mol. The summed E-state index contributed by atoms with van der Waals surface area (Å²) >= 11 is 0. The number of aryl methyl sites for hydroxylation is 3. The fourth-order valence-corrected chi connectivity index (χ4v) is 5.15. The quantitative estimate of drug-likeness (QED) is 0.540. The molecule has 1 aliphatic rings. The molecule has 0 saturated heterocycles. The van der Waals surface area contributed by atoms with Crippen LogP contribution in [0.2, 0.25) is 0 Å².